The second kappa shape index (κ2) is 7.43. The fourth-order valence-electron chi connectivity index (χ4n) is 4.01. The third kappa shape index (κ3) is 3.27. The van der Waals surface area contributed by atoms with Crippen LogP contribution >= 0.6 is 0 Å². The lowest BCUT2D eigenvalue weighted by molar-refractivity contribution is -0.122. The fraction of sp³-hybridized carbons (Fsp3) is 0.400. The van der Waals surface area contributed by atoms with E-state index in [1.807, 2.05) is 4.90 Å². The molecule has 2 aromatic heterocycles. The molecular weight excluding hydrogens is 391 g/mol. The van der Waals surface area contributed by atoms with Crippen LogP contribution in [0.3, 0.4) is 0 Å². The summed E-state index contributed by atoms with van der Waals surface area (Å²) in [6, 6.07) is 6.13. The summed E-state index contributed by atoms with van der Waals surface area (Å²) in [6.45, 7) is 1.29. The van der Waals surface area contributed by atoms with Gasteiger partial charge in [0, 0.05) is 33.1 Å². The number of hydrogen-bond acceptors (Lipinski definition) is 5. The first-order valence-corrected chi connectivity index (χ1v) is 9.73. The Labute approximate surface area is 171 Å². The lowest BCUT2D eigenvalue weighted by Gasteiger charge is -2.31. The summed E-state index contributed by atoms with van der Waals surface area (Å²) in [4.78, 5) is 43.4. The molecule has 1 amide bonds. The van der Waals surface area contributed by atoms with Gasteiger partial charge in [-0.25, -0.2) is 9.18 Å². The predicted octanol–water partition coefficient (Wildman–Crippen LogP) is 0.323. The van der Waals surface area contributed by atoms with Gasteiger partial charge in [-0.15, -0.1) is 0 Å². The topological polar surface area (TPSA) is 108 Å². The van der Waals surface area contributed by atoms with Gasteiger partial charge in [-0.1, -0.05) is 12.1 Å². The molecule has 0 radical (unpaired) electrons. The van der Waals surface area contributed by atoms with Crippen molar-refractivity contribution in [1.82, 2.24) is 18.7 Å². The first kappa shape index (κ1) is 19.9. The van der Waals surface area contributed by atoms with Crippen molar-refractivity contribution in [3.05, 3.63) is 56.5 Å². The SMILES string of the molecule is Cn1c(=O)c2c(nc(N3CCC(C(N)=O)CC3)n2Cc2cccc(F)c2)n(C)c1=O. The minimum Gasteiger partial charge on any atom is -0.369 e. The number of piperidine rings is 1. The summed E-state index contributed by atoms with van der Waals surface area (Å²) in [7, 11) is 2.98. The molecule has 3 heterocycles. The lowest BCUT2D eigenvalue weighted by atomic mass is 9.96. The highest BCUT2D eigenvalue weighted by molar-refractivity contribution is 5.77. The number of carbonyl (C=O) groups is 1. The second-order valence-corrected chi connectivity index (χ2v) is 7.67. The summed E-state index contributed by atoms with van der Waals surface area (Å²) in [5, 5.41) is 0. The van der Waals surface area contributed by atoms with Crippen LogP contribution in [0.15, 0.2) is 33.9 Å². The fourth-order valence-corrected chi connectivity index (χ4v) is 4.01. The van der Waals surface area contributed by atoms with Crippen molar-refractivity contribution in [3.8, 4) is 0 Å². The average molecular weight is 414 g/mol. The molecule has 9 nitrogen and oxygen atoms in total. The van der Waals surface area contributed by atoms with Gasteiger partial charge in [0.2, 0.25) is 11.9 Å². The smallest absolute Gasteiger partial charge is 0.332 e. The van der Waals surface area contributed by atoms with E-state index < -0.39 is 11.2 Å². The van der Waals surface area contributed by atoms with Crippen LogP contribution in [-0.2, 0) is 25.4 Å². The maximum Gasteiger partial charge on any atom is 0.332 e. The van der Waals surface area contributed by atoms with E-state index >= 15 is 0 Å². The first-order chi connectivity index (χ1) is 14.3. The van der Waals surface area contributed by atoms with Crippen LogP contribution < -0.4 is 21.9 Å². The number of hydrogen-bond donors (Lipinski definition) is 1. The van der Waals surface area contributed by atoms with E-state index in [1.54, 1.807) is 23.7 Å². The van der Waals surface area contributed by atoms with Gasteiger partial charge in [-0.3, -0.25) is 23.3 Å². The molecule has 0 saturated carbocycles. The zero-order valence-electron chi connectivity index (χ0n) is 16.8. The highest BCUT2D eigenvalue weighted by Crippen LogP contribution is 2.26. The summed E-state index contributed by atoms with van der Waals surface area (Å²) in [6.07, 6.45) is 1.16. The molecule has 0 bridgehead atoms. The minimum absolute atomic E-state index is 0.195. The molecule has 1 saturated heterocycles. The lowest BCUT2D eigenvalue weighted by Crippen LogP contribution is -2.40. The summed E-state index contributed by atoms with van der Waals surface area (Å²) in [5.41, 5.74) is 5.71. The molecule has 3 aromatic rings. The third-order valence-electron chi connectivity index (χ3n) is 5.74. The monoisotopic (exact) mass is 414 g/mol. The molecule has 0 atom stereocenters. The van der Waals surface area contributed by atoms with Gasteiger partial charge < -0.3 is 10.6 Å². The number of rotatable bonds is 4. The maximum absolute atomic E-state index is 13.8. The van der Waals surface area contributed by atoms with Gasteiger partial charge in [-0.05, 0) is 30.5 Å². The van der Waals surface area contributed by atoms with Crippen LogP contribution in [0.1, 0.15) is 18.4 Å². The van der Waals surface area contributed by atoms with Crippen molar-refractivity contribution in [3.63, 3.8) is 0 Å². The van der Waals surface area contributed by atoms with Crippen molar-refractivity contribution in [2.24, 2.45) is 25.7 Å². The van der Waals surface area contributed by atoms with Crippen molar-refractivity contribution in [1.29, 1.82) is 0 Å². The Morgan fingerprint density at radius 3 is 2.53 bits per heavy atom. The van der Waals surface area contributed by atoms with Crippen LogP contribution in [0.4, 0.5) is 10.3 Å². The van der Waals surface area contributed by atoms with Crippen molar-refractivity contribution >= 4 is 23.0 Å². The number of halogens is 1. The summed E-state index contributed by atoms with van der Waals surface area (Å²) in [5.74, 6) is -0.379. The summed E-state index contributed by atoms with van der Waals surface area (Å²) < 4.78 is 17.8. The quantitative estimate of drug-likeness (QED) is 0.662. The first-order valence-electron chi connectivity index (χ1n) is 9.73. The average Bonchev–Trinajstić information content (AvgIpc) is 3.10. The zero-order chi connectivity index (χ0) is 21.6. The third-order valence-corrected chi connectivity index (χ3v) is 5.74. The Bertz CT molecular complexity index is 1250. The van der Waals surface area contributed by atoms with E-state index in [2.05, 4.69) is 4.98 Å². The normalized spacial score (nSPS) is 15.1. The predicted molar refractivity (Wildman–Crippen MR) is 110 cm³/mol. The highest BCUT2D eigenvalue weighted by Gasteiger charge is 2.28. The van der Waals surface area contributed by atoms with Crippen molar-refractivity contribution in [2.45, 2.75) is 19.4 Å². The molecule has 1 aliphatic heterocycles. The Morgan fingerprint density at radius 1 is 1.20 bits per heavy atom. The number of primary amides is 1. The summed E-state index contributed by atoms with van der Waals surface area (Å²) >= 11 is 0. The van der Waals surface area contributed by atoms with E-state index in [4.69, 9.17) is 5.73 Å². The van der Waals surface area contributed by atoms with E-state index in [9.17, 15) is 18.8 Å². The number of aryl methyl sites for hydroxylation is 1. The highest BCUT2D eigenvalue weighted by atomic mass is 19.1. The zero-order valence-corrected chi connectivity index (χ0v) is 16.8. The molecule has 1 aromatic carbocycles. The van der Waals surface area contributed by atoms with E-state index in [-0.39, 0.29) is 35.4 Å². The van der Waals surface area contributed by atoms with E-state index in [1.165, 1.54) is 23.7 Å². The van der Waals surface area contributed by atoms with Crippen LogP contribution in [0.25, 0.3) is 11.2 Å². The molecule has 0 spiro atoms. The largest absolute Gasteiger partial charge is 0.369 e. The van der Waals surface area contributed by atoms with Crippen LogP contribution in [0.2, 0.25) is 0 Å². The number of carbonyl (C=O) groups excluding carboxylic acids is 1. The van der Waals surface area contributed by atoms with Gasteiger partial charge in [-0.2, -0.15) is 4.98 Å². The van der Waals surface area contributed by atoms with E-state index in [0.29, 0.717) is 37.4 Å². The Hall–Kier alpha value is -3.43. The standard InChI is InChI=1S/C20H23FN6O3/c1-24-17-15(18(29)25(2)20(24)30)27(11-12-4-3-5-14(21)10-12)19(23-17)26-8-6-13(7-9-26)16(22)28/h3-5,10,13H,6-9,11H2,1-2H3,(H2,22,28). The molecular formula is C20H23FN6O3. The van der Waals surface area contributed by atoms with Gasteiger partial charge in [0.25, 0.3) is 5.56 Å². The Balaban J connectivity index is 1.88. The molecule has 1 aliphatic rings. The molecule has 4 rings (SSSR count). The van der Waals surface area contributed by atoms with Gasteiger partial charge >= 0.3 is 5.69 Å². The number of anilines is 1. The molecule has 1 fully saturated rings. The van der Waals surface area contributed by atoms with Crippen LogP contribution in [-0.4, -0.2) is 37.7 Å². The van der Waals surface area contributed by atoms with Gasteiger partial charge in [0.05, 0.1) is 6.54 Å². The number of benzene rings is 1. The molecule has 158 valence electrons. The molecule has 30 heavy (non-hydrogen) atoms. The van der Waals surface area contributed by atoms with Crippen LogP contribution in [0.5, 0.6) is 0 Å². The number of imidazole rings is 1. The Kier molecular flexibility index (Phi) is 4.92. The number of fused-ring (bicyclic) bond motifs is 1. The number of nitrogens with two attached hydrogens (primary N) is 1. The van der Waals surface area contributed by atoms with Crippen molar-refractivity contribution in [2.75, 3.05) is 18.0 Å². The Morgan fingerprint density at radius 2 is 1.90 bits per heavy atom. The minimum atomic E-state index is -0.470. The van der Waals surface area contributed by atoms with Gasteiger partial charge in [0.15, 0.2) is 11.2 Å². The number of aromatic nitrogens is 4. The van der Waals surface area contributed by atoms with Crippen LogP contribution in [0, 0.1) is 11.7 Å². The maximum atomic E-state index is 13.8. The number of nitrogens with zero attached hydrogens (tertiary/aromatic N) is 5. The van der Waals surface area contributed by atoms with Crippen molar-refractivity contribution < 1.29 is 9.18 Å². The molecule has 0 aliphatic carbocycles. The number of amides is 1. The molecule has 0 unspecified atom stereocenters. The molecule has 10 heteroatoms. The molecule has 2 N–H and O–H groups in total. The van der Waals surface area contributed by atoms with Gasteiger partial charge in [0.1, 0.15) is 5.82 Å². The second-order valence-electron chi connectivity index (χ2n) is 7.67. The van der Waals surface area contributed by atoms with E-state index in [0.717, 1.165) is 4.57 Å².